The summed E-state index contributed by atoms with van der Waals surface area (Å²) in [5, 5.41) is 6.43. The molecule has 0 spiro atoms. The highest BCUT2D eigenvalue weighted by molar-refractivity contribution is 7.80. The van der Waals surface area contributed by atoms with Gasteiger partial charge in [-0.15, -0.1) is 0 Å². The number of thiocarbonyl (C=S) groups is 1. The molecule has 0 fully saturated rings. The van der Waals surface area contributed by atoms with Crippen LogP contribution < -0.4 is 10.6 Å². The number of benzene rings is 2. The third kappa shape index (κ3) is 4.24. The molecule has 0 bridgehead atoms. The Labute approximate surface area is 134 Å². The molecule has 0 heterocycles. The standard InChI is InChI=1S/C17H18F2N2S/c1-3-16(12-6-4-11(2)5-7-12)21-17(22)20-13-8-9-14(18)15(19)10-13/h4-10,16H,3H2,1-2H3,(H2,20,21,22)/t16-/m0/s1. The van der Waals surface area contributed by atoms with Crippen LogP contribution in [0.5, 0.6) is 0 Å². The number of aryl methyl sites for hydroxylation is 1. The van der Waals surface area contributed by atoms with Gasteiger partial charge in [-0.3, -0.25) is 0 Å². The molecule has 2 aromatic carbocycles. The van der Waals surface area contributed by atoms with Crippen LogP contribution in [0.15, 0.2) is 42.5 Å². The third-order valence-electron chi connectivity index (χ3n) is 3.37. The molecule has 0 aliphatic carbocycles. The summed E-state index contributed by atoms with van der Waals surface area (Å²) < 4.78 is 26.1. The highest BCUT2D eigenvalue weighted by Crippen LogP contribution is 2.18. The van der Waals surface area contributed by atoms with E-state index in [0.717, 1.165) is 24.1 Å². The van der Waals surface area contributed by atoms with Crippen molar-refractivity contribution in [2.45, 2.75) is 26.3 Å². The van der Waals surface area contributed by atoms with Crippen LogP contribution in [-0.4, -0.2) is 5.11 Å². The Bertz CT molecular complexity index is 656. The molecule has 2 nitrogen and oxygen atoms in total. The molecule has 0 unspecified atom stereocenters. The second kappa shape index (κ2) is 7.31. The van der Waals surface area contributed by atoms with Crippen LogP contribution >= 0.6 is 12.2 Å². The summed E-state index contributed by atoms with van der Waals surface area (Å²) in [7, 11) is 0. The Kier molecular flexibility index (Phi) is 5.44. The number of nitrogens with one attached hydrogen (secondary N) is 2. The molecule has 2 rings (SSSR count). The van der Waals surface area contributed by atoms with Crippen molar-refractivity contribution in [3.8, 4) is 0 Å². The van der Waals surface area contributed by atoms with Gasteiger partial charge in [0.25, 0.3) is 0 Å². The topological polar surface area (TPSA) is 24.1 Å². The molecule has 1 atom stereocenters. The maximum absolute atomic E-state index is 13.2. The second-order valence-corrected chi connectivity index (χ2v) is 5.51. The van der Waals surface area contributed by atoms with Crippen molar-refractivity contribution in [2.24, 2.45) is 0 Å². The summed E-state index contributed by atoms with van der Waals surface area (Å²) in [5.41, 5.74) is 2.73. The maximum Gasteiger partial charge on any atom is 0.171 e. The molecular formula is C17H18F2N2S. The van der Waals surface area contributed by atoms with Crippen molar-refractivity contribution in [1.29, 1.82) is 0 Å². The van der Waals surface area contributed by atoms with E-state index in [0.29, 0.717) is 10.8 Å². The molecule has 0 aliphatic rings. The lowest BCUT2D eigenvalue weighted by Gasteiger charge is -2.20. The van der Waals surface area contributed by atoms with Gasteiger partial charge in [-0.2, -0.15) is 0 Å². The molecule has 0 saturated heterocycles. The van der Waals surface area contributed by atoms with Gasteiger partial charge in [-0.05, 0) is 43.3 Å². The number of rotatable bonds is 4. The molecular weight excluding hydrogens is 302 g/mol. The van der Waals surface area contributed by atoms with Gasteiger partial charge in [0.15, 0.2) is 16.7 Å². The van der Waals surface area contributed by atoms with Crippen LogP contribution in [0, 0.1) is 18.6 Å². The van der Waals surface area contributed by atoms with Crippen LogP contribution in [0.25, 0.3) is 0 Å². The van der Waals surface area contributed by atoms with E-state index in [1.54, 1.807) is 0 Å². The van der Waals surface area contributed by atoms with Crippen molar-refractivity contribution in [2.75, 3.05) is 5.32 Å². The Morgan fingerprint density at radius 3 is 2.36 bits per heavy atom. The van der Waals surface area contributed by atoms with Crippen LogP contribution in [-0.2, 0) is 0 Å². The Morgan fingerprint density at radius 1 is 1.09 bits per heavy atom. The zero-order chi connectivity index (χ0) is 16.1. The molecule has 0 amide bonds. The van der Waals surface area contributed by atoms with Gasteiger partial charge in [0.05, 0.1) is 6.04 Å². The maximum atomic E-state index is 13.2. The molecule has 22 heavy (non-hydrogen) atoms. The van der Waals surface area contributed by atoms with Gasteiger partial charge >= 0.3 is 0 Å². The number of halogens is 2. The third-order valence-corrected chi connectivity index (χ3v) is 3.59. The lowest BCUT2D eigenvalue weighted by atomic mass is 10.0. The average molecular weight is 320 g/mol. The first kappa shape index (κ1) is 16.4. The van der Waals surface area contributed by atoms with Crippen molar-refractivity contribution in [3.05, 3.63) is 65.2 Å². The molecule has 0 saturated carbocycles. The summed E-state index contributed by atoms with van der Waals surface area (Å²) in [6.07, 6.45) is 0.850. The molecule has 0 radical (unpaired) electrons. The van der Waals surface area contributed by atoms with Crippen molar-refractivity contribution >= 4 is 23.0 Å². The average Bonchev–Trinajstić information content (AvgIpc) is 2.49. The molecule has 2 N–H and O–H groups in total. The highest BCUT2D eigenvalue weighted by Gasteiger charge is 2.11. The van der Waals surface area contributed by atoms with E-state index in [-0.39, 0.29) is 6.04 Å². The van der Waals surface area contributed by atoms with Crippen LogP contribution in [0.2, 0.25) is 0 Å². The first-order valence-electron chi connectivity index (χ1n) is 7.08. The zero-order valence-corrected chi connectivity index (χ0v) is 13.3. The fourth-order valence-corrected chi connectivity index (χ4v) is 2.38. The fourth-order valence-electron chi connectivity index (χ4n) is 2.12. The normalized spacial score (nSPS) is 11.8. The van der Waals surface area contributed by atoms with E-state index in [1.807, 2.05) is 19.1 Å². The SMILES string of the molecule is CC[C@H](NC(=S)Nc1ccc(F)c(F)c1)c1ccc(C)cc1. The molecule has 5 heteroatoms. The number of hydrogen-bond donors (Lipinski definition) is 2. The fraction of sp³-hybridized carbons (Fsp3) is 0.235. The predicted molar refractivity (Wildman–Crippen MR) is 89.9 cm³/mol. The summed E-state index contributed by atoms with van der Waals surface area (Å²) in [4.78, 5) is 0. The summed E-state index contributed by atoms with van der Waals surface area (Å²) in [6.45, 7) is 4.09. The molecule has 116 valence electrons. The van der Waals surface area contributed by atoms with E-state index in [2.05, 4.69) is 29.7 Å². The minimum Gasteiger partial charge on any atom is -0.356 e. The van der Waals surface area contributed by atoms with Crippen molar-refractivity contribution < 1.29 is 8.78 Å². The quantitative estimate of drug-likeness (QED) is 0.798. The van der Waals surface area contributed by atoms with Gasteiger partial charge < -0.3 is 10.6 Å². The lowest BCUT2D eigenvalue weighted by molar-refractivity contribution is 0.509. The van der Waals surface area contributed by atoms with E-state index in [1.165, 1.54) is 11.6 Å². The van der Waals surface area contributed by atoms with E-state index in [4.69, 9.17) is 12.2 Å². The van der Waals surface area contributed by atoms with Crippen molar-refractivity contribution in [1.82, 2.24) is 5.32 Å². The predicted octanol–water partition coefficient (Wildman–Crippen LogP) is 4.71. The first-order valence-corrected chi connectivity index (χ1v) is 7.49. The van der Waals surface area contributed by atoms with Crippen LogP contribution in [0.4, 0.5) is 14.5 Å². The Balaban J connectivity index is 2.02. The van der Waals surface area contributed by atoms with Crippen LogP contribution in [0.1, 0.15) is 30.5 Å². The Hall–Kier alpha value is -2.01. The minimum absolute atomic E-state index is 0.0610. The van der Waals surface area contributed by atoms with Gasteiger partial charge in [0.2, 0.25) is 0 Å². The van der Waals surface area contributed by atoms with E-state index >= 15 is 0 Å². The molecule has 2 aromatic rings. The van der Waals surface area contributed by atoms with E-state index in [9.17, 15) is 8.78 Å². The Morgan fingerprint density at radius 2 is 1.77 bits per heavy atom. The first-order chi connectivity index (χ1) is 10.5. The summed E-state index contributed by atoms with van der Waals surface area (Å²) >= 11 is 5.24. The van der Waals surface area contributed by atoms with Gasteiger partial charge in [-0.25, -0.2) is 8.78 Å². The summed E-state index contributed by atoms with van der Waals surface area (Å²) in [6, 6.07) is 11.8. The number of anilines is 1. The molecule has 0 aromatic heterocycles. The molecule has 0 aliphatic heterocycles. The van der Waals surface area contributed by atoms with Gasteiger partial charge in [0.1, 0.15) is 0 Å². The number of hydrogen-bond acceptors (Lipinski definition) is 1. The summed E-state index contributed by atoms with van der Waals surface area (Å²) in [5.74, 6) is -1.78. The van der Waals surface area contributed by atoms with Gasteiger partial charge in [0, 0.05) is 11.8 Å². The van der Waals surface area contributed by atoms with Gasteiger partial charge in [-0.1, -0.05) is 36.8 Å². The zero-order valence-electron chi connectivity index (χ0n) is 12.5. The lowest BCUT2D eigenvalue weighted by Crippen LogP contribution is -2.32. The monoisotopic (exact) mass is 320 g/mol. The second-order valence-electron chi connectivity index (χ2n) is 5.10. The van der Waals surface area contributed by atoms with E-state index < -0.39 is 11.6 Å². The van der Waals surface area contributed by atoms with Crippen LogP contribution in [0.3, 0.4) is 0 Å². The minimum atomic E-state index is -0.904. The highest BCUT2D eigenvalue weighted by atomic mass is 32.1. The largest absolute Gasteiger partial charge is 0.356 e. The van der Waals surface area contributed by atoms with Crippen molar-refractivity contribution in [3.63, 3.8) is 0 Å². The smallest absolute Gasteiger partial charge is 0.171 e.